The topological polar surface area (TPSA) is 142 Å². The van der Waals surface area contributed by atoms with Crippen LogP contribution in [-0.2, 0) is 14.8 Å². The van der Waals surface area contributed by atoms with E-state index in [1.165, 1.54) is 6.92 Å². The van der Waals surface area contributed by atoms with E-state index in [4.69, 9.17) is 9.88 Å². The Morgan fingerprint density at radius 3 is 2.39 bits per heavy atom. The maximum absolute atomic E-state index is 12.5. The zero-order valence-electron chi connectivity index (χ0n) is 15.6. The van der Waals surface area contributed by atoms with Crippen molar-refractivity contribution in [2.75, 3.05) is 5.32 Å². The van der Waals surface area contributed by atoms with Gasteiger partial charge in [0.25, 0.3) is 5.91 Å². The standard InChI is InChI=1S/C18H21N3O6S/c1-11(2)14-6-4-5-7-15(14)20-18(22)12(3)27-17-9-8-13(28(19,25)26)10-16(17)21(23)24/h4-12H,1-3H3,(H,20,22)(H2,19,25,26). The summed E-state index contributed by atoms with van der Waals surface area (Å²) in [7, 11) is -4.11. The number of primary sulfonamides is 1. The number of sulfonamides is 1. The number of hydrogen-bond donors (Lipinski definition) is 2. The van der Waals surface area contributed by atoms with Crippen LogP contribution in [0, 0.1) is 10.1 Å². The van der Waals surface area contributed by atoms with Crippen molar-refractivity contribution >= 4 is 27.3 Å². The van der Waals surface area contributed by atoms with Crippen LogP contribution in [-0.4, -0.2) is 25.4 Å². The summed E-state index contributed by atoms with van der Waals surface area (Å²) in [6.07, 6.45) is -1.07. The number of nitrogens with one attached hydrogen (secondary N) is 1. The first-order chi connectivity index (χ1) is 13.0. The Bertz CT molecular complexity index is 1000. The van der Waals surface area contributed by atoms with Gasteiger partial charge in [-0.25, -0.2) is 13.6 Å². The van der Waals surface area contributed by atoms with E-state index >= 15 is 0 Å². The molecule has 1 atom stereocenters. The molecule has 3 N–H and O–H groups in total. The Morgan fingerprint density at radius 1 is 1.18 bits per heavy atom. The maximum atomic E-state index is 12.5. The molecule has 1 amide bonds. The summed E-state index contributed by atoms with van der Waals surface area (Å²) in [6, 6.07) is 10.3. The van der Waals surface area contributed by atoms with Gasteiger partial charge in [0.05, 0.1) is 9.82 Å². The summed E-state index contributed by atoms with van der Waals surface area (Å²) < 4.78 is 28.2. The number of rotatable bonds is 7. The van der Waals surface area contributed by atoms with Crippen LogP contribution in [0.25, 0.3) is 0 Å². The predicted molar refractivity (Wildman–Crippen MR) is 104 cm³/mol. The molecule has 0 aliphatic rings. The summed E-state index contributed by atoms with van der Waals surface area (Å²) >= 11 is 0. The van der Waals surface area contributed by atoms with Crippen molar-refractivity contribution in [3.8, 4) is 5.75 Å². The van der Waals surface area contributed by atoms with Crippen molar-refractivity contribution < 1.29 is 22.9 Å². The minimum atomic E-state index is -4.11. The molecular weight excluding hydrogens is 386 g/mol. The van der Waals surface area contributed by atoms with Gasteiger partial charge in [-0.3, -0.25) is 14.9 Å². The molecule has 0 saturated heterocycles. The maximum Gasteiger partial charge on any atom is 0.312 e. The molecule has 2 aromatic rings. The monoisotopic (exact) mass is 407 g/mol. The molecule has 0 heterocycles. The summed E-state index contributed by atoms with van der Waals surface area (Å²) in [5, 5.41) is 19.0. The number of hydrogen-bond acceptors (Lipinski definition) is 6. The molecular formula is C18H21N3O6S. The SMILES string of the molecule is CC(Oc1ccc(S(N)(=O)=O)cc1[N+](=O)[O-])C(=O)Nc1ccccc1C(C)C. The van der Waals surface area contributed by atoms with Gasteiger partial charge in [-0.05, 0) is 36.6 Å². The fraction of sp³-hybridized carbons (Fsp3) is 0.278. The minimum Gasteiger partial charge on any atom is -0.474 e. The van der Waals surface area contributed by atoms with Gasteiger partial charge in [-0.15, -0.1) is 0 Å². The van der Waals surface area contributed by atoms with Gasteiger partial charge in [0.2, 0.25) is 10.0 Å². The highest BCUT2D eigenvalue weighted by molar-refractivity contribution is 7.89. The second-order valence-corrected chi connectivity index (χ2v) is 7.98. The Kier molecular flexibility index (Phi) is 6.37. The Hall–Kier alpha value is -2.98. The van der Waals surface area contributed by atoms with Gasteiger partial charge in [0, 0.05) is 11.8 Å². The first kappa shape index (κ1) is 21.3. The van der Waals surface area contributed by atoms with Crippen LogP contribution < -0.4 is 15.2 Å². The highest BCUT2D eigenvalue weighted by Crippen LogP contribution is 2.30. The van der Waals surface area contributed by atoms with Crippen LogP contribution in [0.2, 0.25) is 0 Å². The van der Waals surface area contributed by atoms with E-state index in [1.54, 1.807) is 12.1 Å². The number of para-hydroxylation sites is 1. The summed E-state index contributed by atoms with van der Waals surface area (Å²) in [5.41, 5.74) is 0.956. The Labute approximate surface area is 162 Å². The van der Waals surface area contributed by atoms with Crippen molar-refractivity contribution in [2.24, 2.45) is 5.14 Å². The molecule has 0 radical (unpaired) electrons. The average molecular weight is 407 g/mol. The number of nitro benzene ring substituents is 1. The minimum absolute atomic E-state index is 0.180. The van der Waals surface area contributed by atoms with E-state index < -0.39 is 37.5 Å². The van der Waals surface area contributed by atoms with Gasteiger partial charge in [-0.2, -0.15) is 0 Å². The van der Waals surface area contributed by atoms with Gasteiger partial charge < -0.3 is 10.1 Å². The second kappa shape index (κ2) is 8.36. The third-order valence-corrected chi connectivity index (χ3v) is 4.88. The number of anilines is 1. The van der Waals surface area contributed by atoms with Crippen molar-refractivity contribution in [3.05, 3.63) is 58.1 Å². The zero-order valence-corrected chi connectivity index (χ0v) is 16.4. The average Bonchev–Trinajstić information content (AvgIpc) is 2.61. The van der Waals surface area contributed by atoms with Crippen LogP contribution >= 0.6 is 0 Å². The molecule has 28 heavy (non-hydrogen) atoms. The van der Waals surface area contributed by atoms with Crippen molar-refractivity contribution in [1.82, 2.24) is 0 Å². The Morgan fingerprint density at radius 2 is 1.82 bits per heavy atom. The molecule has 1 unspecified atom stereocenters. The van der Waals surface area contributed by atoms with Crippen LogP contribution in [0.1, 0.15) is 32.3 Å². The van der Waals surface area contributed by atoms with Gasteiger partial charge in [-0.1, -0.05) is 32.0 Å². The number of amides is 1. The number of nitro groups is 1. The lowest BCUT2D eigenvalue weighted by Crippen LogP contribution is -2.30. The van der Waals surface area contributed by atoms with E-state index in [0.717, 1.165) is 23.8 Å². The lowest BCUT2D eigenvalue weighted by molar-refractivity contribution is -0.386. The molecule has 9 nitrogen and oxygen atoms in total. The lowest BCUT2D eigenvalue weighted by Gasteiger charge is -2.18. The van der Waals surface area contributed by atoms with Gasteiger partial charge in [0.15, 0.2) is 11.9 Å². The third kappa shape index (κ3) is 5.05. The number of ether oxygens (including phenoxy) is 1. The molecule has 0 saturated carbocycles. The lowest BCUT2D eigenvalue weighted by atomic mass is 10.0. The molecule has 0 aliphatic carbocycles. The van der Waals surface area contributed by atoms with E-state index in [9.17, 15) is 23.3 Å². The first-order valence-corrected chi connectivity index (χ1v) is 9.93. The number of nitrogens with two attached hydrogens (primary N) is 1. The summed E-state index contributed by atoms with van der Waals surface area (Å²) in [6.45, 7) is 5.41. The van der Waals surface area contributed by atoms with Gasteiger partial charge >= 0.3 is 5.69 Å². The van der Waals surface area contributed by atoms with E-state index in [1.807, 2.05) is 26.0 Å². The zero-order chi connectivity index (χ0) is 21.1. The van der Waals surface area contributed by atoms with Crippen molar-refractivity contribution in [1.29, 1.82) is 0 Å². The summed E-state index contributed by atoms with van der Waals surface area (Å²) in [4.78, 5) is 22.5. The van der Waals surface area contributed by atoms with Gasteiger partial charge in [0.1, 0.15) is 0 Å². The van der Waals surface area contributed by atoms with Crippen LogP contribution in [0.15, 0.2) is 47.4 Å². The molecule has 0 bridgehead atoms. The molecule has 0 aromatic heterocycles. The normalized spacial score (nSPS) is 12.5. The van der Waals surface area contributed by atoms with Crippen LogP contribution in [0.5, 0.6) is 5.75 Å². The third-order valence-electron chi connectivity index (χ3n) is 3.97. The highest BCUT2D eigenvalue weighted by atomic mass is 32.2. The fourth-order valence-electron chi connectivity index (χ4n) is 2.51. The molecule has 0 spiro atoms. The van der Waals surface area contributed by atoms with E-state index in [-0.39, 0.29) is 11.7 Å². The molecule has 10 heteroatoms. The molecule has 0 fully saturated rings. The number of benzene rings is 2. The number of nitrogens with zero attached hydrogens (tertiary/aromatic N) is 1. The molecule has 0 aliphatic heterocycles. The highest BCUT2D eigenvalue weighted by Gasteiger charge is 2.24. The first-order valence-electron chi connectivity index (χ1n) is 8.38. The molecule has 2 aromatic carbocycles. The largest absolute Gasteiger partial charge is 0.474 e. The van der Waals surface area contributed by atoms with Crippen LogP contribution in [0.4, 0.5) is 11.4 Å². The molecule has 150 valence electrons. The van der Waals surface area contributed by atoms with Crippen molar-refractivity contribution in [3.63, 3.8) is 0 Å². The number of carbonyl (C=O) groups excluding carboxylic acids is 1. The summed E-state index contributed by atoms with van der Waals surface area (Å²) in [5.74, 6) is -0.560. The molecule has 2 rings (SSSR count). The quantitative estimate of drug-likeness (QED) is 0.534. The number of carbonyl (C=O) groups is 1. The van der Waals surface area contributed by atoms with E-state index in [2.05, 4.69) is 5.32 Å². The Balaban J connectivity index is 2.24. The van der Waals surface area contributed by atoms with E-state index in [0.29, 0.717) is 5.69 Å². The fourth-order valence-corrected chi connectivity index (χ4v) is 3.04. The van der Waals surface area contributed by atoms with Crippen LogP contribution in [0.3, 0.4) is 0 Å². The smallest absolute Gasteiger partial charge is 0.312 e. The van der Waals surface area contributed by atoms with Crippen molar-refractivity contribution in [2.45, 2.75) is 37.7 Å². The second-order valence-electron chi connectivity index (χ2n) is 6.42. The predicted octanol–water partition coefficient (Wildman–Crippen LogP) is 2.77.